The molecule has 2 fully saturated rings. The standard InChI is InChI=1S/C22H26O5/c1-12(23)26-14-4-5-15-16-8-9-22(3)19(6-7-21(22)27-13(2)24)17(16)11-20(25)18(15)10-14/h4-5,10,16-17,19,21H,6-9,11H2,1-3H3/t16-,17+,19-,21+,22-/m1/s1. The average Bonchev–Trinajstić information content (AvgIpc) is 2.91. The highest BCUT2D eigenvalue weighted by atomic mass is 16.5. The minimum absolute atomic E-state index is 0.0382. The van der Waals surface area contributed by atoms with Crippen molar-refractivity contribution >= 4 is 17.7 Å². The lowest BCUT2D eigenvalue weighted by atomic mass is 9.55. The Bertz CT molecular complexity index is 813. The fourth-order valence-electron chi connectivity index (χ4n) is 5.96. The lowest BCUT2D eigenvalue weighted by molar-refractivity contribution is -0.154. The highest BCUT2D eigenvalue weighted by molar-refractivity contribution is 5.99. The second-order valence-corrected chi connectivity index (χ2v) is 8.57. The monoisotopic (exact) mass is 370 g/mol. The van der Waals surface area contributed by atoms with Crippen LogP contribution in [0.4, 0.5) is 0 Å². The summed E-state index contributed by atoms with van der Waals surface area (Å²) in [6, 6.07) is 5.48. The van der Waals surface area contributed by atoms with Crippen LogP contribution in [0.15, 0.2) is 18.2 Å². The van der Waals surface area contributed by atoms with Gasteiger partial charge in [-0.3, -0.25) is 14.4 Å². The molecule has 0 amide bonds. The molecule has 5 atom stereocenters. The van der Waals surface area contributed by atoms with E-state index < -0.39 is 0 Å². The number of benzene rings is 1. The number of carbonyl (C=O) groups excluding carboxylic acids is 3. The first-order chi connectivity index (χ1) is 12.8. The molecule has 1 aromatic carbocycles. The molecule has 0 heterocycles. The molecule has 0 aliphatic heterocycles. The van der Waals surface area contributed by atoms with Gasteiger partial charge in [0.05, 0.1) is 0 Å². The minimum Gasteiger partial charge on any atom is -0.462 e. The van der Waals surface area contributed by atoms with E-state index in [1.54, 1.807) is 12.1 Å². The number of hydrogen-bond acceptors (Lipinski definition) is 5. The summed E-state index contributed by atoms with van der Waals surface area (Å²) in [6.45, 7) is 5.07. The second-order valence-electron chi connectivity index (χ2n) is 8.57. The van der Waals surface area contributed by atoms with Crippen molar-refractivity contribution in [1.29, 1.82) is 0 Å². The van der Waals surface area contributed by atoms with Gasteiger partial charge in [-0.2, -0.15) is 0 Å². The predicted octanol–water partition coefficient (Wildman–Crippen LogP) is 4.04. The van der Waals surface area contributed by atoms with Crippen LogP contribution in [-0.4, -0.2) is 23.8 Å². The van der Waals surface area contributed by atoms with Gasteiger partial charge in [-0.15, -0.1) is 0 Å². The number of hydrogen-bond donors (Lipinski definition) is 0. The molecule has 3 aliphatic rings. The first-order valence-corrected chi connectivity index (χ1v) is 9.82. The van der Waals surface area contributed by atoms with E-state index in [4.69, 9.17) is 9.47 Å². The molecule has 0 saturated heterocycles. The minimum atomic E-state index is -0.382. The SMILES string of the molecule is CC(=O)Oc1ccc2c(c1)C(=O)C[C@H]1[C@@H]2CC[C@@]2(C)[C@@H](OC(C)=O)CC[C@H]12. The van der Waals surface area contributed by atoms with E-state index >= 15 is 0 Å². The first kappa shape index (κ1) is 18.2. The topological polar surface area (TPSA) is 69.7 Å². The largest absolute Gasteiger partial charge is 0.462 e. The van der Waals surface area contributed by atoms with E-state index in [2.05, 4.69) is 6.92 Å². The van der Waals surface area contributed by atoms with Crippen LogP contribution >= 0.6 is 0 Å². The summed E-state index contributed by atoms with van der Waals surface area (Å²) in [5.74, 6) is 0.997. The molecular weight excluding hydrogens is 344 g/mol. The zero-order valence-corrected chi connectivity index (χ0v) is 16.1. The van der Waals surface area contributed by atoms with Crippen molar-refractivity contribution < 1.29 is 23.9 Å². The number of fused-ring (bicyclic) bond motifs is 5. The van der Waals surface area contributed by atoms with Gasteiger partial charge >= 0.3 is 11.9 Å². The van der Waals surface area contributed by atoms with E-state index in [1.165, 1.54) is 13.8 Å². The lowest BCUT2D eigenvalue weighted by Gasteiger charge is -2.50. The Hall–Kier alpha value is -2.17. The third kappa shape index (κ3) is 2.97. The smallest absolute Gasteiger partial charge is 0.308 e. The molecule has 0 spiro atoms. The predicted molar refractivity (Wildman–Crippen MR) is 98.5 cm³/mol. The molecule has 27 heavy (non-hydrogen) atoms. The van der Waals surface area contributed by atoms with Crippen molar-refractivity contribution in [3.05, 3.63) is 29.3 Å². The number of carbonyl (C=O) groups is 3. The summed E-state index contributed by atoms with van der Waals surface area (Å²) >= 11 is 0. The molecule has 0 N–H and O–H groups in total. The number of esters is 2. The van der Waals surface area contributed by atoms with Crippen LogP contribution in [0.5, 0.6) is 5.75 Å². The summed E-state index contributed by atoms with van der Waals surface area (Å²) in [5.41, 5.74) is 1.75. The maximum absolute atomic E-state index is 12.9. The van der Waals surface area contributed by atoms with Crippen LogP contribution < -0.4 is 4.74 Å². The summed E-state index contributed by atoms with van der Waals surface area (Å²) < 4.78 is 10.8. The molecule has 4 rings (SSSR count). The Kier molecular flexibility index (Phi) is 4.36. The summed E-state index contributed by atoms with van der Waals surface area (Å²) in [7, 11) is 0. The number of Topliss-reactive ketones (excluding diaryl/α,β-unsaturated/α-hetero) is 1. The van der Waals surface area contributed by atoms with Crippen molar-refractivity contribution in [2.45, 2.75) is 64.9 Å². The van der Waals surface area contributed by atoms with Crippen LogP contribution in [0.2, 0.25) is 0 Å². The van der Waals surface area contributed by atoms with E-state index in [0.717, 1.165) is 31.2 Å². The van der Waals surface area contributed by atoms with Gasteiger partial charge in [0.25, 0.3) is 0 Å². The van der Waals surface area contributed by atoms with Crippen LogP contribution in [0, 0.1) is 17.3 Å². The average molecular weight is 370 g/mol. The summed E-state index contributed by atoms with van der Waals surface area (Å²) in [4.78, 5) is 35.6. The molecule has 0 radical (unpaired) electrons. The fourth-order valence-corrected chi connectivity index (χ4v) is 5.96. The molecule has 0 bridgehead atoms. The van der Waals surface area contributed by atoms with Crippen molar-refractivity contribution in [1.82, 2.24) is 0 Å². The molecule has 0 unspecified atom stereocenters. The molecule has 3 aliphatic carbocycles. The van der Waals surface area contributed by atoms with Gasteiger partial charge in [0.15, 0.2) is 5.78 Å². The van der Waals surface area contributed by atoms with E-state index in [9.17, 15) is 14.4 Å². The highest BCUT2D eigenvalue weighted by Crippen LogP contribution is 2.61. The van der Waals surface area contributed by atoms with Gasteiger partial charge < -0.3 is 9.47 Å². The Morgan fingerprint density at radius 1 is 1.11 bits per heavy atom. The highest BCUT2D eigenvalue weighted by Gasteiger charge is 2.57. The third-order valence-electron chi connectivity index (χ3n) is 7.07. The Balaban J connectivity index is 1.64. The van der Waals surface area contributed by atoms with Gasteiger partial charge in [-0.1, -0.05) is 13.0 Å². The van der Waals surface area contributed by atoms with Crippen molar-refractivity contribution in [3.63, 3.8) is 0 Å². The molecule has 1 aromatic rings. The van der Waals surface area contributed by atoms with Crippen molar-refractivity contribution in [2.24, 2.45) is 17.3 Å². The number of rotatable bonds is 2. The second kappa shape index (κ2) is 6.47. The molecule has 5 heteroatoms. The number of ketones is 1. The zero-order valence-electron chi connectivity index (χ0n) is 16.1. The van der Waals surface area contributed by atoms with E-state index in [0.29, 0.717) is 35.5 Å². The fraction of sp³-hybridized carbons (Fsp3) is 0.591. The summed E-state index contributed by atoms with van der Waals surface area (Å²) in [6.07, 6.45) is 4.36. The maximum atomic E-state index is 12.9. The maximum Gasteiger partial charge on any atom is 0.308 e. The molecule has 144 valence electrons. The third-order valence-corrected chi connectivity index (χ3v) is 7.07. The molecular formula is C22H26O5. The molecule has 2 saturated carbocycles. The van der Waals surface area contributed by atoms with Crippen molar-refractivity contribution in [3.8, 4) is 5.75 Å². The molecule has 5 nitrogen and oxygen atoms in total. The molecule has 0 aromatic heterocycles. The van der Waals surface area contributed by atoms with Crippen LogP contribution in [0.25, 0.3) is 0 Å². The Morgan fingerprint density at radius 2 is 1.89 bits per heavy atom. The van der Waals surface area contributed by atoms with E-state index in [-0.39, 0.29) is 29.2 Å². The van der Waals surface area contributed by atoms with Gasteiger partial charge in [0.2, 0.25) is 0 Å². The lowest BCUT2D eigenvalue weighted by Crippen LogP contribution is -2.45. The normalized spacial score (nSPS) is 34.3. The van der Waals surface area contributed by atoms with Gasteiger partial charge in [-0.25, -0.2) is 0 Å². The Morgan fingerprint density at radius 3 is 2.59 bits per heavy atom. The quantitative estimate of drug-likeness (QED) is 0.580. The Labute approximate surface area is 159 Å². The van der Waals surface area contributed by atoms with Crippen molar-refractivity contribution in [2.75, 3.05) is 0 Å². The summed E-state index contributed by atoms with van der Waals surface area (Å²) in [5, 5.41) is 0. The zero-order chi connectivity index (χ0) is 19.3. The van der Waals surface area contributed by atoms with E-state index in [1.807, 2.05) is 6.07 Å². The van der Waals surface area contributed by atoms with Crippen LogP contribution in [0.1, 0.15) is 74.7 Å². The van der Waals surface area contributed by atoms with Gasteiger partial charge in [0.1, 0.15) is 11.9 Å². The van der Waals surface area contributed by atoms with Gasteiger partial charge in [-0.05, 0) is 61.1 Å². The van der Waals surface area contributed by atoms with Crippen LogP contribution in [-0.2, 0) is 14.3 Å². The number of ether oxygens (including phenoxy) is 2. The van der Waals surface area contributed by atoms with Crippen LogP contribution in [0.3, 0.4) is 0 Å². The first-order valence-electron chi connectivity index (χ1n) is 9.82. The van der Waals surface area contributed by atoms with Gasteiger partial charge in [0, 0.05) is 31.2 Å².